The van der Waals surface area contributed by atoms with Crippen LogP contribution in [-0.2, 0) is 10.3 Å². The van der Waals surface area contributed by atoms with E-state index in [-0.39, 0.29) is 12.1 Å². The molecule has 3 aromatic rings. The second-order valence-corrected chi connectivity index (χ2v) is 10.6. The van der Waals surface area contributed by atoms with Crippen LogP contribution in [0.2, 0.25) is 0 Å². The van der Waals surface area contributed by atoms with Crippen LogP contribution in [0.15, 0.2) is 83.8 Å². The summed E-state index contributed by atoms with van der Waals surface area (Å²) in [4.78, 5) is 16.3. The summed E-state index contributed by atoms with van der Waals surface area (Å²) in [6.45, 7) is 6.12. The fourth-order valence-corrected chi connectivity index (χ4v) is 5.22. The predicted octanol–water partition coefficient (Wildman–Crippen LogP) is 7.04. The van der Waals surface area contributed by atoms with Gasteiger partial charge >= 0.3 is 6.09 Å². The molecule has 4 nitrogen and oxygen atoms in total. The Bertz CT molecular complexity index is 1110. The molecule has 178 valence electrons. The molecule has 0 unspecified atom stereocenters. The lowest BCUT2D eigenvalue weighted by molar-refractivity contribution is -0.101. The van der Waals surface area contributed by atoms with Gasteiger partial charge in [0.05, 0.1) is 11.6 Å². The molecule has 0 saturated carbocycles. The molecule has 0 aliphatic carbocycles. The number of aliphatic hydroxyl groups is 1. The van der Waals surface area contributed by atoms with E-state index in [1.807, 2.05) is 37.3 Å². The molecule has 0 spiro atoms. The minimum atomic E-state index is -0.965. The van der Waals surface area contributed by atoms with Gasteiger partial charge in [0.15, 0.2) is 0 Å². The fourth-order valence-electron chi connectivity index (χ4n) is 4.81. The minimum Gasteiger partial charge on any atom is -0.438 e. The third kappa shape index (κ3) is 5.31. The number of rotatable bonds is 7. The van der Waals surface area contributed by atoms with Gasteiger partial charge in [-0.15, -0.1) is 11.8 Å². The molecule has 4 rings (SSSR count). The first-order chi connectivity index (χ1) is 16.2. The van der Waals surface area contributed by atoms with E-state index in [4.69, 9.17) is 4.74 Å². The monoisotopic (exact) mass is 475 g/mol. The lowest BCUT2D eigenvalue weighted by atomic mass is 9.80. The Labute approximate surface area is 207 Å². The van der Waals surface area contributed by atoms with Crippen LogP contribution < -0.4 is 0 Å². The number of benzene rings is 3. The number of ether oxygens (including phenoxy) is 1. The lowest BCUT2D eigenvalue weighted by Crippen LogP contribution is -2.51. The lowest BCUT2D eigenvalue weighted by Gasteiger charge is -2.45. The number of cyclic esters (lactones) is 1. The SMILES string of the molecule is CSc1ccc(-c2ccc([C@H](C)N3CC[C@](CC(C)(C)O)(c4ccccc4)OC3=O)cc2)cc1. The standard InChI is InChI=1S/C29H33NO3S/c1-21(22-10-12-23(13-11-22)24-14-16-26(34-4)17-15-24)30-19-18-29(33-27(30)31,20-28(2,3)32)25-8-6-5-7-9-25/h5-17,21,32H,18-20H2,1-4H3/t21-,29-/m0/s1. The van der Waals surface area contributed by atoms with Crippen LogP contribution in [0, 0.1) is 0 Å². The highest BCUT2D eigenvalue weighted by molar-refractivity contribution is 7.98. The number of carbonyl (C=O) groups is 1. The van der Waals surface area contributed by atoms with Gasteiger partial charge in [-0.25, -0.2) is 4.79 Å². The highest BCUT2D eigenvalue weighted by atomic mass is 32.2. The van der Waals surface area contributed by atoms with Crippen molar-refractivity contribution in [2.24, 2.45) is 0 Å². The first-order valence-electron chi connectivity index (χ1n) is 11.7. The van der Waals surface area contributed by atoms with Gasteiger partial charge in [0, 0.05) is 24.3 Å². The Morgan fingerprint density at radius 2 is 1.59 bits per heavy atom. The van der Waals surface area contributed by atoms with Crippen molar-refractivity contribution in [2.75, 3.05) is 12.8 Å². The average molecular weight is 476 g/mol. The number of hydrogen-bond donors (Lipinski definition) is 1. The third-order valence-electron chi connectivity index (χ3n) is 6.58. The summed E-state index contributed by atoms with van der Waals surface area (Å²) in [7, 11) is 0. The van der Waals surface area contributed by atoms with Crippen molar-refractivity contribution in [2.45, 2.75) is 55.8 Å². The zero-order valence-corrected chi connectivity index (χ0v) is 21.1. The van der Waals surface area contributed by atoms with Gasteiger partial charge in [-0.1, -0.05) is 66.7 Å². The Morgan fingerprint density at radius 3 is 2.12 bits per heavy atom. The topological polar surface area (TPSA) is 49.8 Å². The van der Waals surface area contributed by atoms with E-state index in [2.05, 4.69) is 54.8 Å². The summed E-state index contributed by atoms with van der Waals surface area (Å²) in [6, 6.07) is 26.6. The van der Waals surface area contributed by atoms with Gasteiger partial charge in [0.25, 0.3) is 0 Å². The number of carbonyl (C=O) groups excluding carboxylic acids is 1. The maximum Gasteiger partial charge on any atom is 0.411 e. The summed E-state index contributed by atoms with van der Waals surface area (Å²) in [5.74, 6) is 0. The molecule has 1 N–H and O–H groups in total. The maximum absolute atomic E-state index is 13.3. The maximum atomic E-state index is 13.3. The van der Waals surface area contributed by atoms with E-state index in [1.165, 1.54) is 10.5 Å². The molecule has 1 fully saturated rings. The molecule has 1 aliphatic heterocycles. The van der Waals surface area contributed by atoms with Crippen molar-refractivity contribution in [1.82, 2.24) is 4.90 Å². The van der Waals surface area contributed by atoms with Crippen LogP contribution in [0.4, 0.5) is 4.79 Å². The van der Waals surface area contributed by atoms with Crippen LogP contribution in [0.3, 0.4) is 0 Å². The molecule has 0 radical (unpaired) electrons. The molecular formula is C29H33NO3S. The summed E-state index contributed by atoms with van der Waals surface area (Å²) >= 11 is 1.73. The number of hydrogen-bond acceptors (Lipinski definition) is 4. The molecule has 1 saturated heterocycles. The second kappa shape index (κ2) is 9.85. The van der Waals surface area contributed by atoms with E-state index in [1.54, 1.807) is 30.5 Å². The van der Waals surface area contributed by atoms with Crippen LogP contribution in [0.25, 0.3) is 11.1 Å². The van der Waals surface area contributed by atoms with E-state index >= 15 is 0 Å². The average Bonchev–Trinajstić information content (AvgIpc) is 2.83. The van der Waals surface area contributed by atoms with Crippen LogP contribution in [-0.4, -0.2) is 34.5 Å². The quantitative estimate of drug-likeness (QED) is 0.373. The van der Waals surface area contributed by atoms with Crippen molar-refractivity contribution in [3.8, 4) is 11.1 Å². The van der Waals surface area contributed by atoms with E-state index in [0.29, 0.717) is 19.4 Å². The molecule has 3 aromatic carbocycles. The highest BCUT2D eigenvalue weighted by Crippen LogP contribution is 2.42. The van der Waals surface area contributed by atoms with Crippen molar-refractivity contribution < 1.29 is 14.6 Å². The number of amides is 1. The Balaban J connectivity index is 1.51. The Hall–Kier alpha value is -2.76. The van der Waals surface area contributed by atoms with Crippen LogP contribution >= 0.6 is 11.8 Å². The molecule has 5 heteroatoms. The molecule has 34 heavy (non-hydrogen) atoms. The van der Waals surface area contributed by atoms with Crippen molar-refractivity contribution in [3.63, 3.8) is 0 Å². The van der Waals surface area contributed by atoms with Crippen molar-refractivity contribution in [3.05, 3.63) is 90.0 Å². The van der Waals surface area contributed by atoms with Gasteiger partial charge < -0.3 is 14.7 Å². The van der Waals surface area contributed by atoms with E-state index in [0.717, 1.165) is 16.7 Å². The number of nitrogens with zero attached hydrogens (tertiary/aromatic N) is 1. The summed E-state index contributed by atoms with van der Waals surface area (Å²) in [6.07, 6.45) is 2.70. The Morgan fingerprint density at radius 1 is 1.00 bits per heavy atom. The van der Waals surface area contributed by atoms with Crippen LogP contribution in [0.1, 0.15) is 50.8 Å². The molecule has 0 aromatic heterocycles. The molecular weight excluding hydrogens is 442 g/mol. The van der Waals surface area contributed by atoms with Gasteiger partial charge in [-0.05, 0) is 61.4 Å². The van der Waals surface area contributed by atoms with Gasteiger partial charge in [0.2, 0.25) is 0 Å². The second-order valence-electron chi connectivity index (χ2n) is 9.69. The zero-order chi connectivity index (χ0) is 24.3. The van der Waals surface area contributed by atoms with Crippen molar-refractivity contribution >= 4 is 17.9 Å². The molecule has 1 heterocycles. The summed E-state index contributed by atoms with van der Waals surface area (Å²) in [5.41, 5.74) is 2.52. The largest absolute Gasteiger partial charge is 0.438 e. The van der Waals surface area contributed by atoms with Gasteiger partial charge in [-0.3, -0.25) is 0 Å². The Kier molecular flexibility index (Phi) is 7.06. The summed E-state index contributed by atoms with van der Waals surface area (Å²) in [5, 5.41) is 10.6. The normalized spacial score (nSPS) is 19.6. The smallest absolute Gasteiger partial charge is 0.411 e. The number of thioether (sulfide) groups is 1. The van der Waals surface area contributed by atoms with Gasteiger partial charge in [-0.2, -0.15) is 0 Å². The molecule has 2 atom stereocenters. The molecule has 1 aliphatic rings. The van der Waals surface area contributed by atoms with E-state index in [9.17, 15) is 9.90 Å². The zero-order valence-electron chi connectivity index (χ0n) is 20.3. The minimum absolute atomic E-state index is 0.115. The summed E-state index contributed by atoms with van der Waals surface area (Å²) < 4.78 is 6.13. The fraction of sp³-hybridized carbons (Fsp3) is 0.345. The van der Waals surface area contributed by atoms with Gasteiger partial charge in [0.1, 0.15) is 5.60 Å². The van der Waals surface area contributed by atoms with Crippen molar-refractivity contribution in [1.29, 1.82) is 0 Å². The first kappa shape index (κ1) is 24.4. The molecule has 0 bridgehead atoms. The highest BCUT2D eigenvalue weighted by Gasteiger charge is 2.46. The van der Waals surface area contributed by atoms with Crippen LogP contribution in [0.5, 0.6) is 0 Å². The third-order valence-corrected chi connectivity index (χ3v) is 7.32. The first-order valence-corrected chi connectivity index (χ1v) is 13.0. The molecule has 1 amide bonds. The van der Waals surface area contributed by atoms with E-state index < -0.39 is 11.2 Å². The predicted molar refractivity (Wildman–Crippen MR) is 139 cm³/mol.